The topological polar surface area (TPSA) is 36.4 Å². The zero-order valence-electron chi connectivity index (χ0n) is 16.3. The van der Waals surface area contributed by atoms with Gasteiger partial charge in [0.05, 0.1) is 10.2 Å². The molecule has 2 aromatic heterocycles. The fourth-order valence-electron chi connectivity index (χ4n) is 2.97. The van der Waals surface area contributed by atoms with Gasteiger partial charge in [-0.15, -0.1) is 11.3 Å². The Hall–Kier alpha value is -1.73. The second-order valence-electron chi connectivity index (χ2n) is 6.43. The number of aryl methyl sites for hydroxylation is 1. The maximum atomic E-state index is 13.0. The Balaban J connectivity index is 1.90. The van der Waals surface area contributed by atoms with Crippen LogP contribution >= 0.6 is 34.3 Å². The first-order chi connectivity index (χ1) is 13.5. The van der Waals surface area contributed by atoms with Gasteiger partial charge in [-0.25, -0.2) is 4.98 Å². The molecule has 0 spiro atoms. The van der Waals surface area contributed by atoms with Gasteiger partial charge in [-0.3, -0.25) is 9.69 Å². The highest BCUT2D eigenvalue weighted by molar-refractivity contribution is 7.22. The molecule has 0 fully saturated rings. The molecular formula is C21H24ClN3OS2. The number of thiazole rings is 1. The summed E-state index contributed by atoms with van der Waals surface area (Å²) in [6, 6.07) is 7.80. The molecule has 0 saturated carbocycles. The Morgan fingerprint density at radius 2 is 2.04 bits per heavy atom. The Labute approximate surface area is 179 Å². The predicted octanol–water partition coefficient (Wildman–Crippen LogP) is 5.71. The highest BCUT2D eigenvalue weighted by Crippen LogP contribution is 2.33. The second kappa shape index (κ2) is 9.65. The number of carbonyl (C=O) groups excluding carboxylic acids is 1. The van der Waals surface area contributed by atoms with Crippen LogP contribution in [0.25, 0.3) is 16.3 Å². The van der Waals surface area contributed by atoms with E-state index >= 15 is 0 Å². The molecule has 0 aliphatic heterocycles. The van der Waals surface area contributed by atoms with Crippen molar-refractivity contribution in [1.82, 2.24) is 9.88 Å². The number of anilines is 1. The highest BCUT2D eigenvalue weighted by Gasteiger charge is 2.19. The molecule has 0 radical (unpaired) electrons. The van der Waals surface area contributed by atoms with Crippen LogP contribution in [0.3, 0.4) is 0 Å². The number of carbonyl (C=O) groups is 1. The van der Waals surface area contributed by atoms with E-state index in [0.29, 0.717) is 16.7 Å². The number of likely N-dealkylation sites (N-methyl/N-ethyl adjacent to an activating group) is 1. The lowest BCUT2D eigenvalue weighted by molar-refractivity contribution is -0.114. The molecule has 0 bridgehead atoms. The fourth-order valence-corrected chi connectivity index (χ4v) is 5.04. The molecule has 0 saturated heterocycles. The first kappa shape index (κ1) is 21.0. The molecule has 148 valence electrons. The van der Waals surface area contributed by atoms with Crippen LogP contribution < -0.4 is 4.90 Å². The van der Waals surface area contributed by atoms with E-state index in [4.69, 9.17) is 16.6 Å². The number of benzene rings is 1. The average Bonchev–Trinajstić information content (AvgIpc) is 3.33. The third-order valence-electron chi connectivity index (χ3n) is 4.60. The summed E-state index contributed by atoms with van der Waals surface area (Å²) in [4.78, 5) is 22.9. The summed E-state index contributed by atoms with van der Waals surface area (Å²) in [7, 11) is 0. The molecule has 0 unspecified atom stereocenters. The molecule has 1 amide bonds. The standard InChI is InChI=1S/C21H24ClN3OS2/c1-4-24(5-2)10-11-25(19(26)9-8-17-7-6-12-27-17)21-23-20-15(3)13-16(22)14-18(20)28-21/h6-9,12-14H,4-5,10-11H2,1-3H3/b9-8+. The summed E-state index contributed by atoms with van der Waals surface area (Å²) >= 11 is 9.33. The Morgan fingerprint density at radius 1 is 1.25 bits per heavy atom. The smallest absolute Gasteiger partial charge is 0.252 e. The molecule has 3 aromatic rings. The van der Waals surface area contributed by atoms with Gasteiger partial charge in [0.1, 0.15) is 0 Å². The predicted molar refractivity (Wildman–Crippen MR) is 123 cm³/mol. The van der Waals surface area contributed by atoms with Gasteiger partial charge in [0, 0.05) is 29.1 Å². The van der Waals surface area contributed by atoms with E-state index in [2.05, 4.69) is 18.7 Å². The monoisotopic (exact) mass is 433 g/mol. The zero-order valence-corrected chi connectivity index (χ0v) is 18.7. The van der Waals surface area contributed by atoms with E-state index < -0.39 is 0 Å². The van der Waals surface area contributed by atoms with Crippen LogP contribution in [0.5, 0.6) is 0 Å². The molecule has 0 aliphatic carbocycles. The van der Waals surface area contributed by atoms with Crippen molar-refractivity contribution in [3.63, 3.8) is 0 Å². The lowest BCUT2D eigenvalue weighted by Gasteiger charge is -2.23. The van der Waals surface area contributed by atoms with Crippen LogP contribution in [-0.4, -0.2) is 42.0 Å². The number of hydrogen-bond donors (Lipinski definition) is 0. The minimum Gasteiger partial charge on any atom is -0.302 e. The number of nitrogens with zero attached hydrogens (tertiary/aromatic N) is 3. The first-order valence-corrected chi connectivity index (χ1v) is 11.4. The Morgan fingerprint density at radius 3 is 2.71 bits per heavy atom. The largest absolute Gasteiger partial charge is 0.302 e. The molecule has 28 heavy (non-hydrogen) atoms. The van der Waals surface area contributed by atoms with Gasteiger partial charge in [-0.05, 0) is 55.2 Å². The first-order valence-electron chi connectivity index (χ1n) is 9.34. The number of rotatable bonds is 8. The number of hydrogen-bond acceptors (Lipinski definition) is 5. The lowest BCUT2D eigenvalue weighted by atomic mass is 10.2. The average molecular weight is 434 g/mol. The minimum atomic E-state index is -0.0524. The van der Waals surface area contributed by atoms with E-state index in [9.17, 15) is 4.79 Å². The summed E-state index contributed by atoms with van der Waals surface area (Å²) < 4.78 is 1.00. The summed E-state index contributed by atoms with van der Waals surface area (Å²) in [5.74, 6) is -0.0524. The Kier molecular flexibility index (Phi) is 7.24. The van der Waals surface area contributed by atoms with Crippen LogP contribution in [0.4, 0.5) is 5.13 Å². The van der Waals surface area contributed by atoms with Crippen molar-refractivity contribution in [3.05, 3.63) is 51.2 Å². The van der Waals surface area contributed by atoms with Gasteiger partial charge in [0.15, 0.2) is 5.13 Å². The number of halogens is 1. The van der Waals surface area contributed by atoms with Crippen LogP contribution in [-0.2, 0) is 4.79 Å². The molecule has 4 nitrogen and oxygen atoms in total. The van der Waals surface area contributed by atoms with E-state index in [1.165, 1.54) is 11.3 Å². The summed E-state index contributed by atoms with van der Waals surface area (Å²) in [6.45, 7) is 9.58. The van der Waals surface area contributed by atoms with Crippen molar-refractivity contribution < 1.29 is 4.79 Å². The van der Waals surface area contributed by atoms with E-state index in [-0.39, 0.29) is 5.91 Å². The normalized spacial score (nSPS) is 11.8. The van der Waals surface area contributed by atoms with E-state index in [1.807, 2.05) is 42.6 Å². The quantitative estimate of drug-likeness (QED) is 0.427. The number of amides is 1. The van der Waals surface area contributed by atoms with Crippen molar-refractivity contribution in [3.8, 4) is 0 Å². The zero-order chi connectivity index (χ0) is 20.1. The van der Waals surface area contributed by atoms with Crippen molar-refractivity contribution in [2.24, 2.45) is 0 Å². The van der Waals surface area contributed by atoms with Crippen LogP contribution in [0, 0.1) is 6.92 Å². The molecule has 2 heterocycles. The molecule has 3 rings (SSSR count). The van der Waals surface area contributed by atoms with E-state index in [1.54, 1.807) is 22.3 Å². The number of aromatic nitrogens is 1. The molecular weight excluding hydrogens is 410 g/mol. The number of fused-ring (bicyclic) bond motifs is 1. The van der Waals surface area contributed by atoms with Crippen molar-refractivity contribution in [1.29, 1.82) is 0 Å². The minimum absolute atomic E-state index is 0.0524. The summed E-state index contributed by atoms with van der Waals surface area (Å²) in [5, 5.41) is 3.41. The summed E-state index contributed by atoms with van der Waals surface area (Å²) in [6.07, 6.45) is 3.51. The van der Waals surface area contributed by atoms with Gasteiger partial charge < -0.3 is 4.90 Å². The molecule has 0 aliphatic rings. The second-order valence-corrected chi connectivity index (χ2v) is 8.86. The van der Waals surface area contributed by atoms with Gasteiger partial charge in [0.25, 0.3) is 5.91 Å². The summed E-state index contributed by atoms with van der Waals surface area (Å²) in [5.41, 5.74) is 1.93. The fraction of sp³-hybridized carbons (Fsp3) is 0.333. The highest BCUT2D eigenvalue weighted by atomic mass is 35.5. The lowest BCUT2D eigenvalue weighted by Crippen LogP contribution is -2.38. The van der Waals surface area contributed by atoms with Crippen LogP contribution in [0.15, 0.2) is 35.7 Å². The maximum absolute atomic E-state index is 13.0. The molecule has 0 atom stereocenters. The van der Waals surface area contributed by atoms with Crippen molar-refractivity contribution in [2.75, 3.05) is 31.1 Å². The van der Waals surface area contributed by atoms with Gasteiger partial charge >= 0.3 is 0 Å². The molecule has 1 aromatic carbocycles. The van der Waals surface area contributed by atoms with Crippen molar-refractivity contribution in [2.45, 2.75) is 20.8 Å². The third kappa shape index (κ3) is 5.00. The SMILES string of the molecule is CCN(CC)CCN(C(=O)/C=C/c1cccs1)c1nc2c(C)cc(Cl)cc2s1. The van der Waals surface area contributed by atoms with Gasteiger partial charge in [-0.1, -0.05) is 42.9 Å². The van der Waals surface area contributed by atoms with Crippen LogP contribution in [0.1, 0.15) is 24.3 Å². The number of thiophene rings is 1. The third-order valence-corrected chi connectivity index (χ3v) is 6.68. The Bertz CT molecular complexity index is 962. The maximum Gasteiger partial charge on any atom is 0.252 e. The van der Waals surface area contributed by atoms with Crippen LogP contribution in [0.2, 0.25) is 5.02 Å². The van der Waals surface area contributed by atoms with Gasteiger partial charge in [0.2, 0.25) is 0 Å². The molecule has 0 N–H and O–H groups in total. The van der Waals surface area contributed by atoms with Crippen molar-refractivity contribution >= 4 is 61.6 Å². The van der Waals surface area contributed by atoms with E-state index in [0.717, 1.165) is 40.3 Å². The van der Waals surface area contributed by atoms with Gasteiger partial charge in [-0.2, -0.15) is 0 Å². The molecule has 7 heteroatoms.